The second kappa shape index (κ2) is 7.04. The number of aryl methyl sites for hydroxylation is 2. The number of amides is 2. The average molecular weight is 298 g/mol. The number of hydrogen-bond donors (Lipinski definition) is 3. The standard InChI is InChI=1S/C13H18N2O4S/c1-3-9-7(2)6-10(20-9)12(17)15-8(13(18)19)4-5-11(14)16/h6,8H,3-5H2,1-2H3,(H2,14,16)(H,15,17)(H,18,19)/t8-/m1/s1. The van der Waals surface area contributed by atoms with Gasteiger partial charge in [-0.25, -0.2) is 4.79 Å². The summed E-state index contributed by atoms with van der Waals surface area (Å²) in [7, 11) is 0. The molecule has 0 aromatic carbocycles. The van der Waals surface area contributed by atoms with E-state index in [0.29, 0.717) is 4.88 Å². The zero-order chi connectivity index (χ0) is 15.3. The number of carboxylic acids is 1. The SMILES string of the molecule is CCc1sc(C(=O)N[C@H](CCC(N)=O)C(=O)O)cc1C. The van der Waals surface area contributed by atoms with Crippen LogP contribution < -0.4 is 11.1 Å². The maximum absolute atomic E-state index is 12.0. The summed E-state index contributed by atoms with van der Waals surface area (Å²) in [6, 6.07) is 0.633. The molecule has 1 heterocycles. The molecule has 0 radical (unpaired) electrons. The minimum Gasteiger partial charge on any atom is -0.480 e. The van der Waals surface area contributed by atoms with Crippen molar-refractivity contribution in [3.8, 4) is 0 Å². The Labute approximate surface area is 121 Å². The number of hydrogen-bond acceptors (Lipinski definition) is 4. The van der Waals surface area contributed by atoms with Gasteiger partial charge in [0, 0.05) is 11.3 Å². The summed E-state index contributed by atoms with van der Waals surface area (Å²) in [6.45, 7) is 3.90. The third-order valence-corrected chi connectivity index (χ3v) is 4.23. The third kappa shape index (κ3) is 4.34. The first-order chi connectivity index (χ1) is 9.35. The normalized spacial score (nSPS) is 11.9. The predicted molar refractivity (Wildman–Crippen MR) is 75.8 cm³/mol. The van der Waals surface area contributed by atoms with E-state index >= 15 is 0 Å². The van der Waals surface area contributed by atoms with Crippen molar-refractivity contribution in [3.63, 3.8) is 0 Å². The fourth-order valence-corrected chi connectivity index (χ4v) is 2.77. The summed E-state index contributed by atoms with van der Waals surface area (Å²) in [5.41, 5.74) is 6.00. The van der Waals surface area contributed by atoms with Gasteiger partial charge in [0.05, 0.1) is 4.88 Å². The smallest absolute Gasteiger partial charge is 0.326 e. The van der Waals surface area contributed by atoms with Gasteiger partial charge in [0.15, 0.2) is 0 Å². The van der Waals surface area contributed by atoms with E-state index in [4.69, 9.17) is 10.8 Å². The van der Waals surface area contributed by atoms with Crippen molar-refractivity contribution >= 4 is 29.1 Å². The minimum absolute atomic E-state index is 0.0125. The molecule has 0 aliphatic rings. The van der Waals surface area contributed by atoms with E-state index in [-0.39, 0.29) is 12.8 Å². The number of primary amides is 1. The van der Waals surface area contributed by atoms with Gasteiger partial charge >= 0.3 is 5.97 Å². The van der Waals surface area contributed by atoms with Gasteiger partial charge in [0.2, 0.25) is 5.91 Å². The maximum Gasteiger partial charge on any atom is 0.326 e. The number of carbonyl (C=O) groups is 3. The lowest BCUT2D eigenvalue weighted by atomic mass is 10.1. The summed E-state index contributed by atoms with van der Waals surface area (Å²) >= 11 is 1.35. The number of rotatable bonds is 7. The van der Waals surface area contributed by atoms with Crippen LogP contribution in [0.1, 0.15) is 39.9 Å². The van der Waals surface area contributed by atoms with E-state index in [0.717, 1.165) is 16.9 Å². The Morgan fingerprint density at radius 1 is 1.45 bits per heavy atom. The molecule has 0 saturated heterocycles. The summed E-state index contributed by atoms with van der Waals surface area (Å²) in [5, 5.41) is 11.4. The van der Waals surface area contributed by atoms with Gasteiger partial charge in [-0.3, -0.25) is 9.59 Å². The van der Waals surface area contributed by atoms with Crippen LogP contribution in [0.15, 0.2) is 6.07 Å². The topological polar surface area (TPSA) is 109 Å². The van der Waals surface area contributed by atoms with Crippen LogP contribution in [0.3, 0.4) is 0 Å². The molecule has 0 bridgehead atoms. The molecule has 20 heavy (non-hydrogen) atoms. The second-order valence-corrected chi connectivity index (χ2v) is 5.58. The second-order valence-electron chi connectivity index (χ2n) is 4.44. The highest BCUT2D eigenvalue weighted by Gasteiger charge is 2.22. The molecule has 0 spiro atoms. The lowest BCUT2D eigenvalue weighted by Crippen LogP contribution is -2.41. The van der Waals surface area contributed by atoms with Crippen molar-refractivity contribution in [3.05, 3.63) is 21.4 Å². The lowest BCUT2D eigenvalue weighted by molar-refractivity contribution is -0.139. The van der Waals surface area contributed by atoms with E-state index in [1.54, 1.807) is 6.07 Å². The zero-order valence-corrected chi connectivity index (χ0v) is 12.3. The largest absolute Gasteiger partial charge is 0.480 e. The quantitative estimate of drug-likeness (QED) is 0.699. The molecule has 0 saturated carbocycles. The summed E-state index contributed by atoms with van der Waals surface area (Å²) in [5.74, 6) is -2.20. The van der Waals surface area contributed by atoms with Gasteiger partial charge in [-0.15, -0.1) is 11.3 Å². The molecule has 1 atom stereocenters. The predicted octanol–water partition coefficient (Wildman–Crippen LogP) is 1.07. The van der Waals surface area contributed by atoms with Crippen LogP contribution in [0.5, 0.6) is 0 Å². The molecule has 6 nitrogen and oxygen atoms in total. The molecular formula is C13H18N2O4S. The van der Waals surface area contributed by atoms with Crippen LogP contribution in [0.25, 0.3) is 0 Å². The van der Waals surface area contributed by atoms with Crippen LogP contribution in [0.4, 0.5) is 0 Å². The van der Waals surface area contributed by atoms with Crippen LogP contribution in [0, 0.1) is 6.92 Å². The Morgan fingerprint density at radius 3 is 2.55 bits per heavy atom. The summed E-state index contributed by atoms with van der Waals surface area (Å²) in [4.78, 5) is 35.3. The first-order valence-corrected chi connectivity index (χ1v) is 7.08. The van der Waals surface area contributed by atoms with Gasteiger partial charge < -0.3 is 16.2 Å². The van der Waals surface area contributed by atoms with Crippen molar-refractivity contribution < 1.29 is 19.5 Å². The van der Waals surface area contributed by atoms with Crippen molar-refractivity contribution in [1.29, 1.82) is 0 Å². The molecule has 1 rings (SSSR count). The first kappa shape index (κ1) is 16.2. The maximum atomic E-state index is 12.0. The van der Waals surface area contributed by atoms with Gasteiger partial charge in [0.25, 0.3) is 5.91 Å². The van der Waals surface area contributed by atoms with E-state index in [2.05, 4.69) is 5.32 Å². The third-order valence-electron chi connectivity index (χ3n) is 2.85. The monoisotopic (exact) mass is 298 g/mol. The molecule has 4 N–H and O–H groups in total. The van der Waals surface area contributed by atoms with Gasteiger partial charge in [-0.1, -0.05) is 6.92 Å². The first-order valence-electron chi connectivity index (χ1n) is 6.26. The molecule has 2 amide bonds. The molecule has 7 heteroatoms. The minimum atomic E-state index is -1.18. The fraction of sp³-hybridized carbons (Fsp3) is 0.462. The van der Waals surface area contributed by atoms with Crippen molar-refractivity contribution in [2.24, 2.45) is 5.73 Å². The highest BCUT2D eigenvalue weighted by molar-refractivity contribution is 7.14. The van der Waals surface area contributed by atoms with Crippen molar-refractivity contribution in [2.45, 2.75) is 39.2 Å². The Bertz CT molecular complexity index is 524. The number of thiophene rings is 1. The number of carboxylic acid groups (broad SMARTS) is 1. The molecule has 0 unspecified atom stereocenters. The van der Waals surface area contributed by atoms with Gasteiger partial charge in [-0.2, -0.15) is 0 Å². The fourth-order valence-electron chi connectivity index (χ4n) is 1.76. The Morgan fingerprint density at radius 2 is 2.10 bits per heavy atom. The van der Waals surface area contributed by atoms with Crippen LogP contribution in [-0.4, -0.2) is 28.9 Å². The molecular weight excluding hydrogens is 280 g/mol. The highest BCUT2D eigenvalue weighted by atomic mass is 32.1. The van der Waals surface area contributed by atoms with E-state index in [1.807, 2.05) is 13.8 Å². The molecule has 0 aliphatic carbocycles. The average Bonchev–Trinajstić information content (AvgIpc) is 2.75. The van der Waals surface area contributed by atoms with Crippen molar-refractivity contribution in [1.82, 2.24) is 5.32 Å². The Kier molecular flexibility index (Phi) is 5.69. The Balaban J connectivity index is 2.74. The van der Waals surface area contributed by atoms with Gasteiger partial charge in [0.1, 0.15) is 6.04 Å². The number of carbonyl (C=O) groups excluding carboxylic acids is 2. The number of aliphatic carboxylic acids is 1. The van der Waals surface area contributed by atoms with Gasteiger partial charge in [-0.05, 0) is 31.4 Å². The Hall–Kier alpha value is -1.89. The molecule has 0 fully saturated rings. The van der Waals surface area contributed by atoms with Crippen LogP contribution >= 0.6 is 11.3 Å². The van der Waals surface area contributed by atoms with Crippen molar-refractivity contribution in [2.75, 3.05) is 0 Å². The number of nitrogens with one attached hydrogen (secondary N) is 1. The molecule has 1 aromatic rings. The number of nitrogens with two attached hydrogens (primary N) is 1. The molecule has 110 valence electrons. The molecule has 0 aliphatic heterocycles. The zero-order valence-electron chi connectivity index (χ0n) is 11.4. The highest BCUT2D eigenvalue weighted by Crippen LogP contribution is 2.22. The molecule has 1 aromatic heterocycles. The van der Waals surface area contributed by atoms with Crippen LogP contribution in [-0.2, 0) is 16.0 Å². The summed E-state index contributed by atoms with van der Waals surface area (Å²) < 4.78 is 0. The lowest BCUT2D eigenvalue weighted by Gasteiger charge is -2.12. The van der Waals surface area contributed by atoms with E-state index in [1.165, 1.54) is 11.3 Å². The van der Waals surface area contributed by atoms with E-state index in [9.17, 15) is 14.4 Å². The van der Waals surface area contributed by atoms with E-state index < -0.39 is 23.8 Å². The van der Waals surface area contributed by atoms with Crippen LogP contribution in [0.2, 0.25) is 0 Å². The summed E-state index contributed by atoms with van der Waals surface area (Å²) in [6.07, 6.45) is 0.732.